The zero-order valence-corrected chi connectivity index (χ0v) is 19.6. The Morgan fingerprint density at radius 3 is 2.41 bits per heavy atom. The van der Waals surface area contributed by atoms with E-state index in [1.54, 1.807) is 39.8 Å². The average molecular weight is 454 g/mol. The predicted molar refractivity (Wildman–Crippen MR) is 126 cm³/mol. The van der Waals surface area contributed by atoms with Crippen molar-refractivity contribution in [1.29, 1.82) is 0 Å². The topological polar surface area (TPSA) is 66.6 Å². The predicted octanol–water partition coefficient (Wildman–Crippen LogP) is 3.99. The summed E-state index contributed by atoms with van der Waals surface area (Å²) in [4.78, 5) is 5.53. The zero-order chi connectivity index (χ0) is 22.5. The number of methoxy groups -OCH3 is 4. The van der Waals surface area contributed by atoms with Crippen molar-refractivity contribution in [2.75, 3.05) is 41.6 Å². The highest BCUT2D eigenvalue weighted by Gasteiger charge is 2.20. The van der Waals surface area contributed by atoms with Gasteiger partial charge in [-0.2, -0.15) is 5.10 Å². The molecule has 0 radical (unpaired) electrons. The van der Waals surface area contributed by atoms with E-state index in [9.17, 15) is 0 Å². The summed E-state index contributed by atoms with van der Waals surface area (Å²) in [5.74, 6) is 1.74. The van der Waals surface area contributed by atoms with Gasteiger partial charge >= 0.3 is 0 Å². The highest BCUT2D eigenvalue weighted by atomic mass is 32.1. The molecule has 0 fully saturated rings. The van der Waals surface area contributed by atoms with Crippen LogP contribution in [-0.2, 0) is 11.2 Å². The molecule has 2 aromatic carbocycles. The van der Waals surface area contributed by atoms with E-state index < -0.39 is 0 Å². The second kappa shape index (κ2) is 10.0. The Kier molecular flexibility index (Phi) is 6.92. The van der Waals surface area contributed by atoms with Crippen molar-refractivity contribution >= 4 is 17.0 Å². The molecule has 0 saturated heterocycles. The Morgan fingerprint density at radius 2 is 1.72 bits per heavy atom. The summed E-state index contributed by atoms with van der Waals surface area (Å²) in [6.07, 6.45) is 1.89. The van der Waals surface area contributed by atoms with Gasteiger partial charge in [-0.1, -0.05) is 24.3 Å². The van der Waals surface area contributed by atoms with E-state index in [0.717, 1.165) is 34.6 Å². The number of ether oxygens (including phenoxy) is 4. The Labute approximate surface area is 191 Å². The molecule has 1 heterocycles. The van der Waals surface area contributed by atoms with Crippen LogP contribution in [0.25, 0.3) is 11.3 Å². The summed E-state index contributed by atoms with van der Waals surface area (Å²) in [7, 11) is 6.50. The van der Waals surface area contributed by atoms with Crippen LogP contribution in [0.15, 0.2) is 51.9 Å². The van der Waals surface area contributed by atoms with Gasteiger partial charge in [-0.25, -0.2) is 4.68 Å². The lowest BCUT2D eigenvalue weighted by atomic mass is 10.1. The van der Waals surface area contributed by atoms with Crippen molar-refractivity contribution in [1.82, 2.24) is 4.68 Å². The van der Waals surface area contributed by atoms with Gasteiger partial charge in [0.15, 0.2) is 11.5 Å². The summed E-state index contributed by atoms with van der Waals surface area (Å²) >= 11 is 1.54. The van der Waals surface area contributed by atoms with Crippen molar-refractivity contribution in [3.63, 3.8) is 0 Å². The maximum atomic E-state index is 5.56. The molecule has 8 heteroatoms. The minimum absolute atomic E-state index is 0.552. The molecule has 32 heavy (non-hydrogen) atoms. The van der Waals surface area contributed by atoms with E-state index in [4.69, 9.17) is 29.0 Å². The van der Waals surface area contributed by atoms with Crippen LogP contribution in [0.5, 0.6) is 17.2 Å². The van der Waals surface area contributed by atoms with E-state index in [-0.39, 0.29) is 0 Å². The molecular weight excluding hydrogens is 426 g/mol. The number of nitrogens with zero attached hydrogens (tertiary/aromatic N) is 3. The first kappa shape index (κ1) is 22.1. The van der Waals surface area contributed by atoms with Gasteiger partial charge in [-0.3, -0.25) is 4.99 Å². The van der Waals surface area contributed by atoms with Gasteiger partial charge in [-0.05, 0) is 30.5 Å². The number of hydrogen-bond acceptors (Lipinski definition) is 7. The highest BCUT2D eigenvalue weighted by Crippen LogP contribution is 2.41. The third kappa shape index (κ3) is 4.28. The maximum Gasteiger partial charge on any atom is 0.206 e. The largest absolute Gasteiger partial charge is 0.493 e. The molecule has 0 unspecified atom stereocenters. The molecule has 4 rings (SSSR count). The molecule has 1 aliphatic rings. The highest BCUT2D eigenvalue weighted by molar-refractivity contribution is 7.07. The number of aryl methyl sites for hydroxylation is 1. The van der Waals surface area contributed by atoms with Crippen LogP contribution in [0.1, 0.15) is 17.5 Å². The number of fused-ring (bicyclic) bond motifs is 1. The fraction of sp³-hybridized carbons (Fsp3) is 0.333. The van der Waals surface area contributed by atoms with E-state index in [2.05, 4.69) is 29.6 Å². The fourth-order valence-corrected chi connectivity index (χ4v) is 4.65. The summed E-state index contributed by atoms with van der Waals surface area (Å²) in [6.45, 7) is 1.12. The minimum atomic E-state index is 0.552. The Bertz CT molecular complexity index is 1170. The van der Waals surface area contributed by atoms with Crippen LogP contribution < -0.4 is 19.0 Å². The first-order valence-electron chi connectivity index (χ1n) is 10.4. The monoisotopic (exact) mass is 453 g/mol. The lowest BCUT2D eigenvalue weighted by molar-refractivity contribution is 0.207. The summed E-state index contributed by atoms with van der Waals surface area (Å²) in [5.41, 5.74) is 5.39. The van der Waals surface area contributed by atoms with Crippen molar-refractivity contribution in [2.24, 2.45) is 10.1 Å². The average Bonchev–Trinajstić information content (AvgIpc) is 3.43. The van der Waals surface area contributed by atoms with Crippen molar-refractivity contribution < 1.29 is 18.9 Å². The third-order valence-corrected chi connectivity index (χ3v) is 6.22. The molecule has 0 amide bonds. The molecule has 0 N–H and O–H groups in total. The van der Waals surface area contributed by atoms with E-state index in [1.165, 1.54) is 11.1 Å². The Balaban J connectivity index is 1.88. The van der Waals surface area contributed by atoms with Gasteiger partial charge < -0.3 is 18.9 Å². The van der Waals surface area contributed by atoms with Gasteiger partial charge in [0.25, 0.3) is 0 Å². The maximum absolute atomic E-state index is 5.56. The van der Waals surface area contributed by atoms with Crippen molar-refractivity contribution in [2.45, 2.75) is 12.8 Å². The standard InChI is InChI=1S/C24H27N3O4S/c1-28-12-11-25-24-27(26-19-10-9-16-7-5-6-8-18(16)19)20(15-32-24)17-13-21(29-2)23(31-4)22(14-17)30-3/h5-8,13-15H,9-12H2,1-4H3/b25-24?,26-19-. The lowest BCUT2D eigenvalue weighted by Crippen LogP contribution is -2.15. The molecule has 0 atom stereocenters. The van der Waals surface area contributed by atoms with Crippen LogP contribution >= 0.6 is 11.3 Å². The SMILES string of the molecule is COCCN=c1scc(-c2cc(OC)c(OC)c(OC)c2)n1/N=C1/CCc2ccccc21. The smallest absolute Gasteiger partial charge is 0.206 e. The van der Waals surface area contributed by atoms with E-state index >= 15 is 0 Å². The van der Waals surface area contributed by atoms with Crippen LogP contribution in [-0.4, -0.2) is 52.0 Å². The quantitative estimate of drug-likeness (QED) is 0.484. The second-order valence-electron chi connectivity index (χ2n) is 7.21. The Hall–Kier alpha value is -3.10. The van der Waals surface area contributed by atoms with Gasteiger partial charge in [0.2, 0.25) is 10.6 Å². The fourth-order valence-electron chi connectivity index (χ4n) is 3.80. The number of benzene rings is 2. The molecular formula is C24H27N3O4S. The number of aromatic nitrogens is 1. The number of thiazole rings is 1. The zero-order valence-electron chi connectivity index (χ0n) is 18.8. The van der Waals surface area contributed by atoms with Gasteiger partial charge in [0, 0.05) is 23.6 Å². The van der Waals surface area contributed by atoms with Gasteiger partial charge in [0.1, 0.15) is 0 Å². The van der Waals surface area contributed by atoms with Gasteiger partial charge in [0.05, 0.1) is 45.9 Å². The van der Waals surface area contributed by atoms with E-state index in [1.807, 2.05) is 16.8 Å². The normalized spacial score (nSPS) is 14.6. The molecule has 0 saturated carbocycles. The van der Waals surface area contributed by atoms with Crippen LogP contribution in [0.2, 0.25) is 0 Å². The third-order valence-electron chi connectivity index (χ3n) is 5.37. The summed E-state index contributed by atoms with van der Waals surface area (Å²) in [6, 6.07) is 12.3. The molecule has 168 valence electrons. The van der Waals surface area contributed by atoms with E-state index in [0.29, 0.717) is 30.4 Å². The molecule has 1 aromatic heterocycles. The summed E-state index contributed by atoms with van der Waals surface area (Å²) in [5, 5.41) is 7.12. The first-order valence-corrected chi connectivity index (χ1v) is 11.2. The Morgan fingerprint density at radius 1 is 0.969 bits per heavy atom. The van der Waals surface area contributed by atoms with Crippen molar-refractivity contribution in [3.8, 4) is 28.5 Å². The molecule has 1 aliphatic carbocycles. The van der Waals surface area contributed by atoms with Crippen LogP contribution in [0.3, 0.4) is 0 Å². The summed E-state index contributed by atoms with van der Waals surface area (Å²) < 4.78 is 23.7. The molecule has 0 spiro atoms. The van der Waals surface area contributed by atoms with Crippen molar-refractivity contribution in [3.05, 3.63) is 57.7 Å². The molecule has 0 aliphatic heterocycles. The minimum Gasteiger partial charge on any atom is -0.493 e. The molecule has 3 aromatic rings. The lowest BCUT2D eigenvalue weighted by Gasteiger charge is -2.14. The number of rotatable bonds is 8. The first-order chi connectivity index (χ1) is 15.7. The molecule has 7 nitrogen and oxygen atoms in total. The van der Waals surface area contributed by atoms with Crippen LogP contribution in [0, 0.1) is 0 Å². The van der Waals surface area contributed by atoms with Crippen LogP contribution in [0.4, 0.5) is 0 Å². The molecule has 0 bridgehead atoms. The number of hydrogen-bond donors (Lipinski definition) is 0. The second-order valence-corrected chi connectivity index (χ2v) is 8.04. The van der Waals surface area contributed by atoms with Gasteiger partial charge in [-0.15, -0.1) is 11.3 Å².